The first-order valence-corrected chi connectivity index (χ1v) is 8.11. The number of unbranched alkanes of at least 4 members (excludes halogenated alkanes) is 2. The number of nitrogens with zero attached hydrogens (tertiary/aromatic N) is 3. The van der Waals surface area contributed by atoms with Crippen LogP contribution in [-0.4, -0.2) is 26.5 Å². The van der Waals surface area contributed by atoms with E-state index in [0.717, 1.165) is 23.3 Å². The lowest BCUT2D eigenvalue weighted by atomic mass is 10.2. The number of nitrogen functional groups attached to an aromatic ring is 1. The van der Waals surface area contributed by atoms with Crippen molar-refractivity contribution in [2.24, 2.45) is 0 Å². The Kier molecular flexibility index (Phi) is 4.69. The first-order valence-electron chi connectivity index (χ1n) is 6.71. The second-order valence-corrected chi connectivity index (χ2v) is 5.88. The molecular formula is C14H22N4S. The van der Waals surface area contributed by atoms with Crippen LogP contribution >= 0.6 is 11.8 Å². The van der Waals surface area contributed by atoms with Crippen LogP contribution in [0.2, 0.25) is 0 Å². The van der Waals surface area contributed by atoms with Gasteiger partial charge in [-0.25, -0.2) is 9.97 Å². The molecule has 0 fully saturated rings. The highest BCUT2D eigenvalue weighted by Gasteiger charge is 2.11. The van der Waals surface area contributed by atoms with Gasteiger partial charge in [-0.05, 0) is 44.3 Å². The normalized spacial score (nSPS) is 11.3. The highest BCUT2D eigenvalue weighted by molar-refractivity contribution is 7.98. The molecule has 2 heterocycles. The molecular weight excluding hydrogens is 256 g/mol. The van der Waals surface area contributed by atoms with Crippen LogP contribution in [0.25, 0.3) is 11.0 Å². The van der Waals surface area contributed by atoms with Crippen molar-refractivity contribution >= 4 is 28.6 Å². The predicted molar refractivity (Wildman–Crippen MR) is 83.6 cm³/mol. The van der Waals surface area contributed by atoms with Crippen molar-refractivity contribution in [1.82, 2.24) is 14.5 Å². The summed E-state index contributed by atoms with van der Waals surface area (Å²) in [6, 6.07) is 0. The summed E-state index contributed by atoms with van der Waals surface area (Å²) in [7, 11) is 0. The second-order valence-electron chi connectivity index (χ2n) is 4.90. The zero-order valence-electron chi connectivity index (χ0n) is 11.9. The van der Waals surface area contributed by atoms with Crippen LogP contribution in [0.3, 0.4) is 0 Å². The molecule has 0 radical (unpaired) electrons. The molecule has 0 spiro atoms. The topological polar surface area (TPSA) is 56.7 Å². The average Bonchev–Trinajstić information content (AvgIpc) is 2.80. The third kappa shape index (κ3) is 3.03. The molecule has 0 aromatic carbocycles. The van der Waals surface area contributed by atoms with Crippen LogP contribution < -0.4 is 5.73 Å². The van der Waals surface area contributed by atoms with E-state index in [1.54, 1.807) is 0 Å². The number of imidazole rings is 1. The third-order valence-electron chi connectivity index (χ3n) is 3.51. The van der Waals surface area contributed by atoms with E-state index in [2.05, 4.69) is 27.7 Å². The Hall–Kier alpha value is -1.23. The highest BCUT2D eigenvalue weighted by Crippen LogP contribution is 2.24. The molecule has 0 aliphatic carbocycles. The fraction of sp³-hybridized carbons (Fsp3) is 0.571. The number of hydrogen-bond acceptors (Lipinski definition) is 4. The molecule has 0 saturated heterocycles. The number of rotatable bonds is 6. The van der Waals surface area contributed by atoms with E-state index in [-0.39, 0.29) is 0 Å². The van der Waals surface area contributed by atoms with Gasteiger partial charge in [0, 0.05) is 12.2 Å². The molecule has 0 aliphatic rings. The molecule has 0 atom stereocenters. The number of hydrogen-bond donors (Lipinski definition) is 1. The van der Waals surface area contributed by atoms with Gasteiger partial charge in [-0.15, -0.1) is 0 Å². The molecule has 2 N–H and O–H groups in total. The summed E-state index contributed by atoms with van der Waals surface area (Å²) in [6.07, 6.45) is 7.79. The van der Waals surface area contributed by atoms with E-state index in [9.17, 15) is 0 Å². The SMILES string of the molecule is CSCCCCCn1cnc2c(N)nc(C)c(C)c21. The molecule has 4 nitrogen and oxygen atoms in total. The highest BCUT2D eigenvalue weighted by atomic mass is 32.2. The minimum absolute atomic E-state index is 0.541. The van der Waals surface area contributed by atoms with E-state index in [1.165, 1.54) is 30.6 Å². The molecule has 0 aliphatic heterocycles. The maximum Gasteiger partial charge on any atom is 0.151 e. The molecule has 0 unspecified atom stereocenters. The van der Waals surface area contributed by atoms with Gasteiger partial charge in [0.1, 0.15) is 5.52 Å². The number of nitrogens with two attached hydrogens (primary N) is 1. The quantitative estimate of drug-likeness (QED) is 0.825. The first-order chi connectivity index (χ1) is 9.15. The molecule has 2 rings (SSSR count). The van der Waals surface area contributed by atoms with Crippen LogP contribution in [0.4, 0.5) is 5.82 Å². The van der Waals surface area contributed by atoms with Crippen LogP contribution in [0.1, 0.15) is 30.5 Å². The van der Waals surface area contributed by atoms with Gasteiger partial charge in [0.25, 0.3) is 0 Å². The molecule has 2 aromatic heterocycles. The summed E-state index contributed by atoms with van der Waals surface area (Å²) in [4.78, 5) is 8.74. The fourth-order valence-electron chi connectivity index (χ4n) is 2.33. The van der Waals surface area contributed by atoms with Gasteiger partial charge in [-0.1, -0.05) is 6.42 Å². The number of thioether (sulfide) groups is 1. The molecule has 0 saturated carbocycles. The minimum atomic E-state index is 0.541. The number of aryl methyl sites for hydroxylation is 3. The Balaban J connectivity index is 2.16. The average molecular weight is 278 g/mol. The Labute approximate surface area is 118 Å². The Morgan fingerprint density at radius 2 is 2.05 bits per heavy atom. The van der Waals surface area contributed by atoms with Crippen LogP contribution in [0.5, 0.6) is 0 Å². The smallest absolute Gasteiger partial charge is 0.151 e. The predicted octanol–water partition coefficient (Wildman–Crippen LogP) is 3.16. The van der Waals surface area contributed by atoms with Crippen LogP contribution in [-0.2, 0) is 6.54 Å². The van der Waals surface area contributed by atoms with E-state index in [0.29, 0.717) is 5.82 Å². The molecule has 5 heteroatoms. The summed E-state index contributed by atoms with van der Waals surface area (Å²) in [5.74, 6) is 1.79. The van der Waals surface area contributed by atoms with Crippen molar-refractivity contribution in [3.63, 3.8) is 0 Å². The van der Waals surface area contributed by atoms with E-state index in [4.69, 9.17) is 5.73 Å². The molecule has 0 amide bonds. The Morgan fingerprint density at radius 3 is 2.79 bits per heavy atom. The largest absolute Gasteiger partial charge is 0.382 e. The molecule has 0 bridgehead atoms. The lowest BCUT2D eigenvalue weighted by Crippen LogP contribution is -2.02. The molecule has 2 aromatic rings. The Morgan fingerprint density at radius 1 is 1.26 bits per heavy atom. The number of fused-ring (bicyclic) bond motifs is 1. The third-order valence-corrected chi connectivity index (χ3v) is 4.21. The fourth-order valence-corrected chi connectivity index (χ4v) is 2.82. The zero-order chi connectivity index (χ0) is 13.8. The number of pyridine rings is 1. The van der Waals surface area contributed by atoms with Gasteiger partial charge >= 0.3 is 0 Å². The summed E-state index contributed by atoms with van der Waals surface area (Å²) >= 11 is 1.91. The lowest BCUT2D eigenvalue weighted by Gasteiger charge is -2.08. The standard InChI is InChI=1S/C14H22N4S/c1-10-11(2)17-14(15)12-13(10)18(9-16-12)7-5-4-6-8-19-3/h9H,4-8H2,1-3H3,(H2,15,17). The van der Waals surface area contributed by atoms with Crippen molar-refractivity contribution < 1.29 is 0 Å². The maximum absolute atomic E-state index is 5.94. The summed E-state index contributed by atoms with van der Waals surface area (Å²) in [5, 5.41) is 0. The van der Waals surface area contributed by atoms with E-state index in [1.807, 2.05) is 25.0 Å². The monoisotopic (exact) mass is 278 g/mol. The summed E-state index contributed by atoms with van der Waals surface area (Å²) in [5.41, 5.74) is 10.1. The van der Waals surface area contributed by atoms with Crippen molar-refractivity contribution in [2.45, 2.75) is 39.7 Å². The van der Waals surface area contributed by atoms with Crippen molar-refractivity contribution in [3.8, 4) is 0 Å². The van der Waals surface area contributed by atoms with Gasteiger partial charge in [-0.2, -0.15) is 11.8 Å². The second kappa shape index (κ2) is 6.28. The Bertz CT molecular complexity index is 562. The van der Waals surface area contributed by atoms with Crippen molar-refractivity contribution in [3.05, 3.63) is 17.6 Å². The van der Waals surface area contributed by atoms with Gasteiger partial charge in [0.05, 0.1) is 11.8 Å². The van der Waals surface area contributed by atoms with E-state index < -0.39 is 0 Å². The number of aromatic nitrogens is 3. The van der Waals surface area contributed by atoms with Gasteiger partial charge < -0.3 is 10.3 Å². The van der Waals surface area contributed by atoms with Crippen molar-refractivity contribution in [1.29, 1.82) is 0 Å². The number of anilines is 1. The van der Waals surface area contributed by atoms with Crippen molar-refractivity contribution in [2.75, 3.05) is 17.7 Å². The molecule has 104 valence electrons. The van der Waals surface area contributed by atoms with Crippen LogP contribution in [0, 0.1) is 13.8 Å². The van der Waals surface area contributed by atoms with Gasteiger partial charge in [0.2, 0.25) is 0 Å². The summed E-state index contributed by atoms with van der Waals surface area (Å²) < 4.78 is 2.22. The van der Waals surface area contributed by atoms with E-state index >= 15 is 0 Å². The van der Waals surface area contributed by atoms with Gasteiger partial charge in [-0.3, -0.25) is 0 Å². The summed E-state index contributed by atoms with van der Waals surface area (Å²) in [6.45, 7) is 5.10. The van der Waals surface area contributed by atoms with Crippen LogP contribution in [0.15, 0.2) is 6.33 Å². The first kappa shape index (κ1) is 14.2. The lowest BCUT2D eigenvalue weighted by molar-refractivity contribution is 0.615. The minimum Gasteiger partial charge on any atom is -0.382 e. The zero-order valence-corrected chi connectivity index (χ0v) is 12.8. The maximum atomic E-state index is 5.94. The molecule has 19 heavy (non-hydrogen) atoms. The van der Waals surface area contributed by atoms with Gasteiger partial charge in [0.15, 0.2) is 5.82 Å².